The van der Waals surface area contributed by atoms with E-state index < -0.39 is 0 Å². The van der Waals surface area contributed by atoms with Crippen molar-refractivity contribution < 1.29 is 14.6 Å². The van der Waals surface area contributed by atoms with Gasteiger partial charge in [-0.05, 0) is 29.1 Å². The number of aromatic nitrogens is 1. The summed E-state index contributed by atoms with van der Waals surface area (Å²) in [6, 6.07) is 14.2. The number of hydrogen-bond acceptors (Lipinski definition) is 4. The Morgan fingerprint density at radius 2 is 1.74 bits per heavy atom. The Labute approximate surface area is 133 Å². The zero-order chi connectivity index (χ0) is 16.4. The molecule has 1 heterocycles. The molecule has 0 aliphatic carbocycles. The summed E-state index contributed by atoms with van der Waals surface area (Å²) in [6.45, 7) is 0.246. The molecule has 0 amide bonds. The average Bonchev–Trinajstić information content (AvgIpc) is 2.58. The van der Waals surface area contributed by atoms with E-state index in [1.54, 1.807) is 38.5 Å². The van der Waals surface area contributed by atoms with Gasteiger partial charge in [-0.2, -0.15) is 0 Å². The van der Waals surface area contributed by atoms with E-state index in [0.717, 1.165) is 10.9 Å². The molecule has 2 aromatic carbocycles. The molecule has 1 aromatic heterocycles. The van der Waals surface area contributed by atoms with Crippen molar-refractivity contribution in [2.75, 3.05) is 14.2 Å². The molecule has 3 rings (SSSR count). The molecule has 0 radical (unpaired) electrons. The highest BCUT2D eigenvalue weighted by Gasteiger charge is 2.11. The Morgan fingerprint density at radius 1 is 1.00 bits per heavy atom. The van der Waals surface area contributed by atoms with Crippen molar-refractivity contribution in [3.8, 4) is 17.4 Å². The molecule has 5 nitrogen and oxygen atoms in total. The minimum absolute atomic E-state index is 0.0390. The summed E-state index contributed by atoms with van der Waals surface area (Å²) in [5.74, 6) is 1.16. The van der Waals surface area contributed by atoms with Crippen LogP contribution < -0.4 is 15.0 Å². The van der Waals surface area contributed by atoms with Crippen molar-refractivity contribution in [2.24, 2.45) is 0 Å². The number of nitrogens with zero attached hydrogens (tertiary/aromatic N) is 1. The van der Waals surface area contributed by atoms with E-state index in [2.05, 4.69) is 0 Å². The standard InChI is InChI=1S/C18H17NO4/c1-22-15-8-7-12(9-16(15)23-2)11-19-17(20)10-13-5-3-4-6-14(13)18(19)21/h3-10,21H,11H2,1-2H3. The van der Waals surface area contributed by atoms with E-state index in [9.17, 15) is 9.90 Å². The van der Waals surface area contributed by atoms with E-state index in [4.69, 9.17) is 9.47 Å². The lowest BCUT2D eigenvalue weighted by Gasteiger charge is -2.13. The molecule has 118 valence electrons. The quantitative estimate of drug-likeness (QED) is 0.805. The lowest BCUT2D eigenvalue weighted by molar-refractivity contribution is 0.354. The lowest BCUT2D eigenvalue weighted by Crippen LogP contribution is -2.19. The van der Waals surface area contributed by atoms with Crippen molar-refractivity contribution in [3.05, 3.63) is 64.4 Å². The van der Waals surface area contributed by atoms with Crippen LogP contribution in [0.25, 0.3) is 10.8 Å². The third-order valence-electron chi connectivity index (χ3n) is 3.79. The first-order valence-corrected chi connectivity index (χ1v) is 7.16. The molecular formula is C18H17NO4. The van der Waals surface area contributed by atoms with Crippen LogP contribution in [0, 0.1) is 0 Å². The van der Waals surface area contributed by atoms with Gasteiger partial charge >= 0.3 is 0 Å². The van der Waals surface area contributed by atoms with E-state index in [1.807, 2.05) is 18.2 Å². The van der Waals surface area contributed by atoms with E-state index >= 15 is 0 Å². The minimum Gasteiger partial charge on any atom is -0.494 e. The van der Waals surface area contributed by atoms with Crippen molar-refractivity contribution in [1.82, 2.24) is 4.57 Å². The number of ether oxygens (including phenoxy) is 2. The van der Waals surface area contributed by atoms with Crippen LogP contribution >= 0.6 is 0 Å². The van der Waals surface area contributed by atoms with Crippen LogP contribution in [0.15, 0.2) is 53.3 Å². The highest BCUT2D eigenvalue weighted by molar-refractivity contribution is 5.86. The predicted octanol–water partition coefficient (Wildman–Crippen LogP) is 2.77. The smallest absolute Gasteiger partial charge is 0.254 e. The van der Waals surface area contributed by atoms with Gasteiger partial charge in [-0.3, -0.25) is 9.36 Å². The van der Waals surface area contributed by atoms with Gasteiger partial charge in [-0.1, -0.05) is 24.3 Å². The van der Waals surface area contributed by atoms with E-state index in [1.165, 1.54) is 10.6 Å². The maximum Gasteiger partial charge on any atom is 0.254 e. The Balaban J connectivity index is 2.07. The zero-order valence-electron chi connectivity index (χ0n) is 12.9. The first-order valence-electron chi connectivity index (χ1n) is 7.16. The lowest BCUT2D eigenvalue weighted by atomic mass is 10.1. The summed E-state index contributed by atoms with van der Waals surface area (Å²) in [4.78, 5) is 12.3. The second-order valence-corrected chi connectivity index (χ2v) is 5.17. The number of hydrogen-bond donors (Lipinski definition) is 1. The van der Waals surface area contributed by atoms with Gasteiger partial charge in [0.05, 0.1) is 20.8 Å². The van der Waals surface area contributed by atoms with Crippen LogP contribution in [0.3, 0.4) is 0 Å². The summed E-state index contributed by atoms with van der Waals surface area (Å²) in [5, 5.41) is 11.8. The molecule has 0 spiro atoms. The Morgan fingerprint density at radius 3 is 2.48 bits per heavy atom. The van der Waals surface area contributed by atoms with Crippen LogP contribution in [0.1, 0.15) is 5.56 Å². The molecule has 5 heteroatoms. The molecule has 0 aliphatic rings. The zero-order valence-corrected chi connectivity index (χ0v) is 12.9. The third-order valence-corrected chi connectivity index (χ3v) is 3.79. The van der Waals surface area contributed by atoms with Crippen LogP contribution in [0.2, 0.25) is 0 Å². The van der Waals surface area contributed by atoms with E-state index in [-0.39, 0.29) is 18.0 Å². The summed E-state index contributed by atoms with van der Waals surface area (Å²) in [5.41, 5.74) is 0.575. The number of methoxy groups -OCH3 is 2. The first-order chi connectivity index (χ1) is 11.1. The summed E-state index contributed by atoms with van der Waals surface area (Å²) >= 11 is 0. The molecule has 0 bridgehead atoms. The monoisotopic (exact) mass is 311 g/mol. The Hall–Kier alpha value is -2.95. The van der Waals surface area contributed by atoms with E-state index in [0.29, 0.717) is 16.9 Å². The second kappa shape index (κ2) is 6.04. The summed E-state index contributed by atoms with van der Waals surface area (Å²) in [6.07, 6.45) is 0. The second-order valence-electron chi connectivity index (χ2n) is 5.17. The summed E-state index contributed by atoms with van der Waals surface area (Å²) < 4.78 is 11.8. The number of pyridine rings is 1. The van der Waals surface area contributed by atoms with Crippen LogP contribution in [-0.4, -0.2) is 23.9 Å². The van der Waals surface area contributed by atoms with Crippen molar-refractivity contribution >= 4 is 10.8 Å². The number of rotatable bonds is 4. The Kier molecular flexibility index (Phi) is 3.93. The molecule has 0 aliphatic heterocycles. The highest BCUT2D eigenvalue weighted by atomic mass is 16.5. The van der Waals surface area contributed by atoms with Crippen LogP contribution in [-0.2, 0) is 6.54 Å². The predicted molar refractivity (Wildman–Crippen MR) is 88.5 cm³/mol. The normalized spacial score (nSPS) is 10.7. The van der Waals surface area contributed by atoms with Gasteiger partial charge < -0.3 is 14.6 Å². The van der Waals surface area contributed by atoms with Gasteiger partial charge in [0.25, 0.3) is 5.56 Å². The maximum atomic E-state index is 12.3. The molecular weight excluding hydrogens is 294 g/mol. The molecule has 0 unspecified atom stereocenters. The topological polar surface area (TPSA) is 60.7 Å². The number of fused-ring (bicyclic) bond motifs is 1. The number of aromatic hydroxyl groups is 1. The average molecular weight is 311 g/mol. The number of benzene rings is 2. The fraction of sp³-hybridized carbons (Fsp3) is 0.167. The van der Waals surface area contributed by atoms with Crippen molar-refractivity contribution in [1.29, 1.82) is 0 Å². The highest BCUT2D eigenvalue weighted by Crippen LogP contribution is 2.29. The molecule has 1 N–H and O–H groups in total. The van der Waals surface area contributed by atoms with Gasteiger partial charge in [-0.25, -0.2) is 0 Å². The maximum absolute atomic E-state index is 12.3. The first kappa shape index (κ1) is 15.0. The van der Waals surface area contributed by atoms with Crippen LogP contribution in [0.5, 0.6) is 17.4 Å². The molecule has 3 aromatic rings. The van der Waals surface area contributed by atoms with Gasteiger partial charge in [-0.15, -0.1) is 0 Å². The molecule has 0 atom stereocenters. The molecule has 0 saturated carbocycles. The SMILES string of the molecule is COc1ccc(Cn2c(O)c3ccccc3cc2=O)cc1OC. The Bertz CT molecular complexity index is 915. The third kappa shape index (κ3) is 2.73. The van der Waals surface area contributed by atoms with Gasteiger partial charge in [0, 0.05) is 11.5 Å². The molecule has 0 saturated heterocycles. The minimum atomic E-state index is -0.254. The summed E-state index contributed by atoms with van der Waals surface area (Å²) in [7, 11) is 3.12. The van der Waals surface area contributed by atoms with Gasteiger partial charge in [0.1, 0.15) is 0 Å². The van der Waals surface area contributed by atoms with Crippen molar-refractivity contribution in [2.45, 2.75) is 6.54 Å². The molecule has 23 heavy (non-hydrogen) atoms. The van der Waals surface area contributed by atoms with Gasteiger partial charge in [0.15, 0.2) is 11.5 Å². The van der Waals surface area contributed by atoms with Crippen LogP contribution in [0.4, 0.5) is 0 Å². The fourth-order valence-electron chi connectivity index (χ4n) is 2.60. The molecule has 0 fully saturated rings. The fourth-order valence-corrected chi connectivity index (χ4v) is 2.60. The van der Waals surface area contributed by atoms with Crippen molar-refractivity contribution in [3.63, 3.8) is 0 Å². The van der Waals surface area contributed by atoms with Gasteiger partial charge in [0.2, 0.25) is 5.88 Å². The largest absolute Gasteiger partial charge is 0.494 e.